The van der Waals surface area contributed by atoms with E-state index in [2.05, 4.69) is 38.4 Å². The van der Waals surface area contributed by atoms with Gasteiger partial charge in [0.05, 0.1) is 15.2 Å². The molecule has 0 amide bonds. The van der Waals surface area contributed by atoms with Crippen molar-refractivity contribution in [2.24, 2.45) is 0 Å². The van der Waals surface area contributed by atoms with E-state index >= 15 is 0 Å². The molecule has 0 unspecified atom stereocenters. The van der Waals surface area contributed by atoms with Crippen LogP contribution in [0.4, 0.5) is 5.69 Å². The summed E-state index contributed by atoms with van der Waals surface area (Å²) in [5.74, 6) is 0. The Morgan fingerprint density at radius 2 is 1.95 bits per heavy atom. The number of nitrogens with zero attached hydrogens (tertiary/aromatic N) is 1. The van der Waals surface area contributed by atoms with Gasteiger partial charge in [-0.05, 0) is 45.1 Å². The molecule has 4 heteroatoms. The zero-order valence-electron chi connectivity index (χ0n) is 10.6. The SMILES string of the molecule is Clc1cccc(NCc2cccc3cnccc23)c1Br. The summed E-state index contributed by atoms with van der Waals surface area (Å²) in [6.07, 6.45) is 3.70. The number of rotatable bonds is 3. The van der Waals surface area contributed by atoms with Crippen molar-refractivity contribution in [2.75, 3.05) is 5.32 Å². The third-order valence-corrected chi connectivity index (χ3v) is 4.59. The van der Waals surface area contributed by atoms with Crippen LogP contribution in [0.2, 0.25) is 5.02 Å². The number of pyridine rings is 1. The van der Waals surface area contributed by atoms with Crippen LogP contribution >= 0.6 is 27.5 Å². The molecule has 20 heavy (non-hydrogen) atoms. The first-order chi connectivity index (χ1) is 9.75. The molecule has 0 atom stereocenters. The van der Waals surface area contributed by atoms with Crippen LogP contribution in [0, 0.1) is 0 Å². The molecular formula is C16H12BrClN2. The molecule has 2 nitrogen and oxygen atoms in total. The second kappa shape index (κ2) is 5.81. The minimum atomic E-state index is 0.706. The highest BCUT2D eigenvalue weighted by atomic mass is 79.9. The van der Waals surface area contributed by atoms with Gasteiger partial charge in [0.1, 0.15) is 0 Å². The van der Waals surface area contributed by atoms with Gasteiger partial charge < -0.3 is 5.32 Å². The molecule has 0 bridgehead atoms. The number of aromatic nitrogens is 1. The summed E-state index contributed by atoms with van der Waals surface area (Å²) < 4.78 is 0.892. The van der Waals surface area contributed by atoms with E-state index in [1.165, 1.54) is 10.9 Å². The summed E-state index contributed by atoms with van der Waals surface area (Å²) in [5.41, 5.74) is 2.22. The Hall–Kier alpha value is -1.58. The molecule has 1 aromatic heterocycles. The van der Waals surface area contributed by atoms with E-state index in [1.807, 2.05) is 42.7 Å². The van der Waals surface area contributed by atoms with Gasteiger partial charge in [-0.1, -0.05) is 35.9 Å². The molecular weight excluding hydrogens is 336 g/mol. The molecule has 0 fully saturated rings. The van der Waals surface area contributed by atoms with Crippen molar-refractivity contribution in [1.82, 2.24) is 4.98 Å². The quantitative estimate of drug-likeness (QED) is 0.699. The molecule has 0 saturated heterocycles. The molecule has 0 spiro atoms. The highest BCUT2D eigenvalue weighted by molar-refractivity contribution is 9.10. The first-order valence-electron chi connectivity index (χ1n) is 6.25. The normalized spacial score (nSPS) is 10.7. The standard InChI is InChI=1S/C16H12BrClN2/c17-16-14(18)5-2-6-15(16)20-10-12-4-1-3-11-9-19-8-7-13(11)12/h1-9,20H,10H2. The summed E-state index contributed by atoms with van der Waals surface area (Å²) >= 11 is 9.59. The molecule has 0 aliphatic carbocycles. The fraction of sp³-hybridized carbons (Fsp3) is 0.0625. The summed E-state index contributed by atoms with van der Waals surface area (Å²) in [6, 6.07) is 14.1. The lowest BCUT2D eigenvalue weighted by atomic mass is 10.1. The average Bonchev–Trinajstić information content (AvgIpc) is 2.49. The zero-order valence-corrected chi connectivity index (χ0v) is 12.9. The Morgan fingerprint density at radius 3 is 2.85 bits per heavy atom. The Bertz CT molecular complexity index is 753. The minimum Gasteiger partial charge on any atom is -0.380 e. The molecule has 0 aliphatic rings. The van der Waals surface area contributed by atoms with Gasteiger partial charge >= 0.3 is 0 Å². The van der Waals surface area contributed by atoms with Gasteiger partial charge in [-0.3, -0.25) is 4.98 Å². The number of hydrogen-bond donors (Lipinski definition) is 1. The fourth-order valence-corrected chi connectivity index (χ4v) is 2.75. The Labute approximate surface area is 130 Å². The van der Waals surface area contributed by atoms with Crippen molar-refractivity contribution in [2.45, 2.75) is 6.54 Å². The number of hydrogen-bond acceptors (Lipinski definition) is 2. The van der Waals surface area contributed by atoms with Crippen LogP contribution in [0.1, 0.15) is 5.56 Å². The maximum atomic E-state index is 6.10. The maximum absolute atomic E-state index is 6.10. The van der Waals surface area contributed by atoms with Gasteiger partial charge in [-0.25, -0.2) is 0 Å². The Balaban J connectivity index is 1.89. The van der Waals surface area contributed by atoms with Crippen LogP contribution in [0.5, 0.6) is 0 Å². The van der Waals surface area contributed by atoms with Crippen LogP contribution in [-0.4, -0.2) is 4.98 Å². The Kier molecular flexibility index (Phi) is 3.90. The van der Waals surface area contributed by atoms with Crippen molar-refractivity contribution in [3.8, 4) is 0 Å². The van der Waals surface area contributed by atoms with Gasteiger partial charge in [-0.15, -0.1) is 0 Å². The van der Waals surface area contributed by atoms with Crippen LogP contribution in [0.3, 0.4) is 0 Å². The number of halogens is 2. The lowest BCUT2D eigenvalue weighted by Gasteiger charge is -2.11. The van der Waals surface area contributed by atoms with E-state index < -0.39 is 0 Å². The largest absolute Gasteiger partial charge is 0.380 e. The molecule has 3 rings (SSSR count). The predicted molar refractivity (Wildman–Crippen MR) is 88.2 cm³/mol. The number of nitrogens with one attached hydrogen (secondary N) is 1. The van der Waals surface area contributed by atoms with Gasteiger partial charge in [0.25, 0.3) is 0 Å². The van der Waals surface area contributed by atoms with Crippen LogP contribution in [0.15, 0.2) is 59.3 Å². The molecule has 100 valence electrons. The number of anilines is 1. The van der Waals surface area contributed by atoms with E-state index in [4.69, 9.17) is 11.6 Å². The minimum absolute atomic E-state index is 0.706. The Morgan fingerprint density at radius 1 is 1.10 bits per heavy atom. The van der Waals surface area contributed by atoms with E-state index in [1.54, 1.807) is 0 Å². The van der Waals surface area contributed by atoms with Gasteiger partial charge in [0.2, 0.25) is 0 Å². The topological polar surface area (TPSA) is 24.9 Å². The van der Waals surface area contributed by atoms with E-state index in [0.717, 1.165) is 22.1 Å². The second-order valence-corrected chi connectivity index (χ2v) is 5.67. The van der Waals surface area contributed by atoms with Gasteiger partial charge in [0.15, 0.2) is 0 Å². The molecule has 0 radical (unpaired) electrons. The molecule has 3 aromatic rings. The highest BCUT2D eigenvalue weighted by Gasteiger charge is 2.05. The second-order valence-electron chi connectivity index (χ2n) is 4.47. The first-order valence-corrected chi connectivity index (χ1v) is 7.42. The molecule has 2 aromatic carbocycles. The van der Waals surface area contributed by atoms with Crippen LogP contribution < -0.4 is 5.32 Å². The third kappa shape index (κ3) is 2.65. The highest BCUT2D eigenvalue weighted by Crippen LogP contribution is 2.30. The lowest BCUT2D eigenvalue weighted by Crippen LogP contribution is -2.01. The van der Waals surface area contributed by atoms with E-state index in [9.17, 15) is 0 Å². The van der Waals surface area contributed by atoms with Crippen molar-refractivity contribution < 1.29 is 0 Å². The zero-order chi connectivity index (χ0) is 13.9. The lowest BCUT2D eigenvalue weighted by molar-refractivity contribution is 1.16. The maximum Gasteiger partial charge on any atom is 0.0593 e. The van der Waals surface area contributed by atoms with E-state index in [0.29, 0.717) is 5.02 Å². The fourth-order valence-electron chi connectivity index (χ4n) is 2.17. The number of fused-ring (bicyclic) bond motifs is 1. The van der Waals surface area contributed by atoms with E-state index in [-0.39, 0.29) is 0 Å². The van der Waals surface area contributed by atoms with Crippen LogP contribution in [0.25, 0.3) is 10.8 Å². The summed E-state index contributed by atoms with van der Waals surface area (Å²) in [7, 11) is 0. The van der Waals surface area contributed by atoms with Crippen molar-refractivity contribution >= 4 is 44.0 Å². The predicted octanol–water partition coefficient (Wildman–Crippen LogP) is 5.26. The smallest absolute Gasteiger partial charge is 0.0593 e. The monoisotopic (exact) mass is 346 g/mol. The summed E-state index contributed by atoms with van der Waals surface area (Å²) in [6.45, 7) is 0.736. The van der Waals surface area contributed by atoms with Crippen LogP contribution in [-0.2, 0) is 6.54 Å². The first kappa shape index (κ1) is 13.4. The average molecular weight is 348 g/mol. The third-order valence-electron chi connectivity index (χ3n) is 3.19. The molecule has 0 aliphatic heterocycles. The van der Waals surface area contributed by atoms with Crippen molar-refractivity contribution in [3.63, 3.8) is 0 Å². The summed E-state index contributed by atoms with van der Waals surface area (Å²) in [5, 5.41) is 6.48. The number of benzene rings is 2. The van der Waals surface area contributed by atoms with Gasteiger partial charge in [0, 0.05) is 24.3 Å². The van der Waals surface area contributed by atoms with Gasteiger partial charge in [-0.2, -0.15) is 0 Å². The van der Waals surface area contributed by atoms with Crippen molar-refractivity contribution in [3.05, 3.63) is 69.9 Å². The summed E-state index contributed by atoms with van der Waals surface area (Å²) in [4.78, 5) is 4.15. The van der Waals surface area contributed by atoms with Crippen molar-refractivity contribution in [1.29, 1.82) is 0 Å². The molecule has 0 saturated carbocycles. The molecule has 1 heterocycles. The molecule has 1 N–H and O–H groups in total.